The van der Waals surface area contributed by atoms with Gasteiger partial charge in [0.15, 0.2) is 5.78 Å². The molecule has 7 heteroatoms. The van der Waals surface area contributed by atoms with Gasteiger partial charge in [-0.25, -0.2) is 9.59 Å². The molecule has 0 unspecified atom stereocenters. The Kier molecular flexibility index (Phi) is 8.61. The Morgan fingerprint density at radius 2 is 1.73 bits per heavy atom. The van der Waals surface area contributed by atoms with Crippen LogP contribution in [0.15, 0.2) is 30.3 Å². The van der Waals surface area contributed by atoms with Crippen LogP contribution in [0.3, 0.4) is 0 Å². The van der Waals surface area contributed by atoms with Crippen LogP contribution >= 0.6 is 0 Å². The highest BCUT2D eigenvalue weighted by atomic mass is 16.6. The summed E-state index contributed by atoms with van der Waals surface area (Å²) in [5.41, 5.74) is 0.179. The average Bonchev–Trinajstić information content (AvgIpc) is 2.56. The lowest BCUT2D eigenvalue weighted by Crippen LogP contribution is -2.49. The summed E-state index contributed by atoms with van der Waals surface area (Å²) < 4.78 is 10.3. The first-order valence-corrected chi connectivity index (χ1v) is 8.68. The monoisotopic (exact) mass is 364 g/mol. The smallest absolute Gasteiger partial charge is 0.408 e. The van der Waals surface area contributed by atoms with E-state index < -0.39 is 23.8 Å². The SMILES string of the molecule is CCCC(=O)[C@@H](CNC(=O)OCc1ccccc1)NC(=O)OC(C)(C)C. The van der Waals surface area contributed by atoms with Crippen LogP contribution in [0, 0.1) is 0 Å². The number of carbonyl (C=O) groups excluding carboxylic acids is 3. The van der Waals surface area contributed by atoms with Crippen LogP contribution in [0.4, 0.5) is 9.59 Å². The van der Waals surface area contributed by atoms with Gasteiger partial charge in [-0.2, -0.15) is 0 Å². The van der Waals surface area contributed by atoms with E-state index in [2.05, 4.69) is 10.6 Å². The van der Waals surface area contributed by atoms with E-state index >= 15 is 0 Å². The highest BCUT2D eigenvalue weighted by molar-refractivity contribution is 5.88. The fraction of sp³-hybridized carbons (Fsp3) is 0.526. The molecule has 0 aliphatic carbocycles. The first-order chi connectivity index (χ1) is 12.2. The lowest BCUT2D eigenvalue weighted by molar-refractivity contribution is -0.121. The van der Waals surface area contributed by atoms with Crippen LogP contribution in [-0.4, -0.2) is 36.2 Å². The maximum absolute atomic E-state index is 12.2. The summed E-state index contributed by atoms with van der Waals surface area (Å²) in [7, 11) is 0. The fourth-order valence-electron chi connectivity index (χ4n) is 2.08. The van der Waals surface area contributed by atoms with Crippen LogP contribution in [0.2, 0.25) is 0 Å². The van der Waals surface area contributed by atoms with E-state index in [4.69, 9.17) is 9.47 Å². The molecule has 0 fully saturated rings. The lowest BCUT2D eigenvalue weighted by atomic mass is 10.1. The van der Waals surface area contributed by atoms with Gasteiger partial charge in [0.1, 0.15) is 18.2 Å². The maximum atomic E-state index is 12.2. The van der Waals surface area contributed by atoms with E-state index in [-0.39, 0.29) is 18.9 Å². The van der Waals surface area contributed by atoms with Crippen LogP contribution in [0.1, 0.15) is 46.1 Å². The molecule has 0 saturated heterocycles. The van der Waals surface area contributed by atoms with Crippen LogP contribution in [0.25, 0.3) is 0 Å². The Bertz CT molecular complexity index is 596. The minimum absolute atomic E-state index is 0.0638. The van der Waals surface area contributed by atoms with Gasteiger partial charge >= 0.3 is 12.2 Å². The van der Waals surface area contributed by atoms with Crippen molar-refractivity contribution in [2.75, 3.05) is 6.54 Å². The summed E-state index contributed by atoms with van der Waals surface area (Å²) >= 11 is 0. The Morgan fingerprint density at radius 1 is 1.08 bits per heavy atom. The molecule has 144 valence electrons. The average molecular weight is 364 g/mol. The van der Waals surface area contributed by atoms with Crippen LogP contribution in [-0.2, 0) is 20.9 Å². The molecule has 1 aromatic rings. The number of ketones is 1. The molecular weight excluding hydrogens is 336 g/mol. The predicted octanol–water partition coefficient (Wildman–Crippen LogP) is 3.18. The molecule has 1 atom stereocenters. The van der Waals surface area contributed by atoms with E-state index in [1.165, 1.54) is 0 Å². The van der Waals surface area contributed by atoms with Gasteiger partial charge in [0.2, 0.25) is 0 Å². The van der Waals surface area contributed by atoms with Gasteiger partial charge in [0.05, 0.1) is 0 Å². The zero-order valence-electron chi connectivity index (χ0n) is 15.8. The van der Waals surface area contributed by atoms with Crippen molar-refractivity contribution >= 4 is 18.0 Å². The molecule has 0 radical (unpaired) electrons. The predicted molar refractivity (Wildman–Crippen MR) is 97.7 cm³/mol. The number of alkyl carbamates (subject to hydrolysis) is 2. The van der Waals surface area contributed by atoms with E-state index in [1.54, 1.807) is 20.8 Å². The Labute approximate surface area is 154 Å². The highest BCUT2D eigenvalue weighted by Crippen LogP contribution is 2.07. The van der Waals surface area contributed by atoms with Crippen molar-refractivity contribution in [1.82, 2.24) is 10.6 Å². The number of amides is 2. The van der Waals surface area contributed by atoms with Crippen molar-refractivity contribution in [3.63, 3.8) is 0 Å². The first kappa shape index (κ1) is 21.5. The number of ether oxygens (including phenoxy) is 2. The molecule has 1 rings (SSSR count). The number of benzene rings is 1. The second kappa shape index (κ2) is 10.4. The van der Waals surface area contributed by atoms with E-state index in [9.17, 15) is 14.4 Å². The quantitative estimate of drug-likeness (QED) is 0.739. The Morgan fingerprint density at radius 3 is 2.31 bits per heavy atom. The van der Waals surface area contributed by atoms with Crippen molar-refractivity contribution in [1.29, 1.82) is 0 Å². The number of carbonyl (C=O) groups is 3. The molecule has 0 saturated carbocycles. The number of nitrogens with one attached hydrogen (secondary N) is 2. The summed E-state index contributed by atoms with van der Waals surface area (Å²) in [5.74, 6) is -0.179. The molecule has 2 N–H and O–H groups in total. The number of rotatable bonds is 8. The zero-order valence-corrected chi connectivity index (χ0v) is 15.8. The van der Waals surface area contributed by atoms with Crippen LogP contribution in [0.5, 0.6) is 0 Å². The molecule has 7 nitrogen and oxygen atoms in total. The fourth-order valence-corrected chi connectivity index (χ4v) is 2.08. The van der Waals surface area contributed by atoms with Crippen molar-refractivity contribution in [3.8, 4) is 0 Å². The Balaban J connectivity index is 2.52. The standard InChI is InChI=1S/C19H28N2O5/c1-5-9-16(22)15(21-18(24)26-19(2,3)4)12-20-17(23)25-13-14-10-7-6-8-11-14/h6-8,10-11,15H,5,9,12-13H2,1-4H3,(H,20,23)(H,21,24)/t15-/m1/s1. The molecule has 2 amide bonds. The number of hydrogen-bond donors (Lipinski definition) is 2. The van der Waals surface area contributed by atoms with E-state index in [0.29, 0.717) is 12.8 Å². The number of hydrogen-bond acceptors (Lipinski definition) is 5. The third-order valence-electron chi connectivity index (χ3n) is 3.24. The molecular formula is C19H28N2O5. The van der Waals surface area contributed by atoms with Crippen molar-refractivity contribution < 1.29 is 23.9 Å². The Hall–Kier alpha value is -2.57. The van der Waals surface area contributed by atoms with Gasteiger partial charge in [-0.05, 0) is 32.8 Å². The van der Waals surface area contributed by atoms with Crippen molar-refractivity contribution in [3.05, 3.63) is 35.9 Å². The van der Waals surface area contributed by atoms with Gasteiger partial charge in [0, 0.05) is 13.0 Å². The van der Waals surface area contributed by atoms with Gasteiger partial charge in [-0.15, -0.1) is 0 Å². The van der Waals surface area contributed by atoms with Gasteiger partial charge in [-0.3, -0.25) is 4.79 Å². The normalized spacial score (nSPS) is 12.0. The number of Topliss-reactive ketones (excluding diaryl/α,β-unsaturated/α-hetero) is 1. The molecule has 0 bridgehead atoms. The molecule has 26 heavy (non-hydrogen) atoms. The summed E-state index contributed by atoms with van der Waals surface area (Å²) in [5, 5.41) is 5.01. The minimum atomic E-state index is -0.867. The molecule has 0 aliphatic rings. The summed E-state index contributed by atoms with van der Waals surface area (Å²) in [6, 6.07) is 8.38. The third-order valence-corrected chi connectivity index (χ3v) is 3.24. The second-order valence-corrected chi connectivity index (χ2v) is 6.86. The highest BCUT2D eigenvalue weighted by Gasteiger charge is 2.24. The van der Waals surface area contributed by atoms with E-state index in [0.717, 1.165) is 5.56 Å². The first-order valence-electron chi connectivity index (χ1n) is 8.68. The summed E-state index contributed by atoms with van der Waals surface area (Å²) in [6.07, 6.45) is -0.425. The molecule has 0 aromatic heterocycles. The summed E-state index contributed by atoms with van der Waals surface area (Å²) in [6.45, 7) is 7.12. The van der Waals surface area contributed by atoms with Gasteiger partial charge in [0.25, 0.3) is 0 Å². The minimum Gasteiger partial charge on any atom is -0.445 e. The largest absolute Gasteiger partial charge is 0.445 e. The topological polar surface area (TPSA) is 93.7 Å². The van der Waals surface area contributed by atoms with Crippen LogP contribution < -0.4 is 10.6 Å². The van der Waals surface area contributed by atoms with Crippen molar-refractivity contribution in [2.24, 2.45) is 0 Å². The molecule has 0 aliphatic heterocycles. The van der Waals surface area contributed by atoms with Crippen molar-refractivity contribution in [2.45, 2.75) is 58.8 Å². The molecule has 0 heterocycles. The second-order valence-electron chi connectivity index (χ2n) is 6.86. The molecule has 0 spiro atoms. The zero-order chi connectivity index (χ0) is 19.6. The van der Waals surface area contributed by atoms with Gasteiger partial charge < -0.3 is 20.1 Å². The maximum Gasteiger partial charge on any atom is 0.408 e. The molecule has 1 aromatic carbocycles. The van der Waals surface area contributed by atoms with Gasteiger partial charge in [-0.1, -0.05) is 37.3 Å². The summed E-state index contributed by atoms with van der Waals surface area (Å²) in [4.78, 5) is 35.9. The lowest BCUT2D eigenvalue weighted by Gasteiger charge is -2.23. The van der Waals surface area contributed by atoms with E-state index in [1.807, 2.05) is 37.3 Å². The third kappa shape index (κ3) is 9.05.